The second-order valence-electron chi connectivity index (χ2n) is 4.95. The Labute approximate surface area is 146 Å². The van der Waals surface area contributed by atoms with E-state index in [1.165, 1.54) is 6.08 Å². The molecular weight excluding hydrogens is 324 g/mol. The lowest BCUT2D eigenvalue weighted by molar-refractivity contribution is -0.131. The van der Waals surface area contributed by atoms with Crippen molar-refractivity contribution in [2.75, 3.05) is 27.4 Å². The summed E-state index contributed by atoms with van der Waals surface area (Å²) in [4.78, 5) is 10.7. The van der Waals surface area contributed by atoms with E-state index in [1.807, 2.05) is 24.3 Å². The highest BCUT2D eigenvalue weighted by Gasteiger charge is 2.05. The molecule has 132 valence electrons. The van der Waals surface area contributed by atoms with Crippen molar-refractivity contribution >= 4 is 12.0 Å². The lowest BCUT2D eigenvalue weighted by Gasteiger charge is -2.12. The van der Waals surface area contributed by atoms with Crippen LogP contribution in [0.25, 0.3) is 6.08 Å². The molecule has 0 radical (unpaired) electrons. The highest BCUT2D eigenvalue weighted by molar-refractivity contribution is 5.86. The third-order valence-electron chi connectivity index (χ3n) is 3.30. The molecule has 0 atom stereocenters. The van der Waals surface area contributed by atoms with Crippen molar-refractivity contribution in [2.45, 2.75) is 0 Å². The molecule has 0 fully saturated rings. The first-order chi connectivity index (χ1) is 12.1. The van der Waals surface area contributed by atoms with Gasteiger partial charge in [-0.15, -0.1) is 0 Å². The van der Waals surface area contributed by atoms with Crippen molar-refractivity contribution < 1.29 is 28.8 Å². The summed E-state index contributed by atoms with van der Waals surface area (Å²) in [5, 5.41) is 8.76. The first kappa shape index (κ1) is 18.2. The summed E-state index contributed by atoms with van der Waals surface area (Å²) in [6, 6.07) is 12.4. The number of carbonyl (C=O) groups is 1. The van der Waals surface area contributed by atoms with Crippen LogP contribution < -0.4 is 18.9 Å². The summed E-state index contributed by atoms with van der Waals surface area (Å²) in [7, 11) is 3.16. The third-order valence-corrected chi connectivity index (χ3v) is 3.30. The van der Waals surface area contributed by atoms with Gasteiger partial charge in [0.15, 0.2) is 0 Å². The van der Waals surface area contributed by atoms with E-state index >= 15 is 0 Å². The molecule has 0 heterocycles. The minimum atomic E-state index is -1.02. The Morgan fingerprint density at radius 1 is 0.920 bits per heavy atom. The number of aliphatic carboxylic acids is 1. The van der Waals surface area contributed by atoms with Gasteiger partial charge in [0.25, 0.3) is 0 Å². The van der Waals surface area contributed by atoms with Crippen LogP contribution in [0.15, 0.2) is 48.5 Å². The number of carboxylic acid groups (broad SMARTS) is 1. The molecule has 0 aromatic heterocycles. The van der Waals surface area contributed by atoms with Crippen LogP contribution >= 0.6 is 0 Å². The Bertz CT molecular complexity index is 721. The molecule has 2 rings (SSSR count). The maximum atomic E-state index is 10.7. The first-order valence-electron chi connectivity index (χ1n) is 7.61. The van der Waals surface area contributed by atoms with E-state index in [2.05, 4.69) is 0 Å². The van der Waals surface area contributed by atoms with Crippen LogP contribution in [0.5, 0.6) is 23.0 Å². The monoisotopic (exact) mass is 344 g/mol. The lowest BCUT2D eigenvalue weighted by Crippen LogP contribution is -2.09. The van der Waals surface area contributed by atoms with Crippen LogP contribution in [0.1, 0.15) is 5.56 Å². The zero-order chi connectivity index (χ0) is 18.1. The quantitative estimate of drug-likeness (QED) is 0.556. The average Bonchev–Trinajstić information content (AvgIpc) is 2.64. The highest BCUT2D eigenvalue weighted by Crippen LogP contribution is 2.26. The Kier molecular flexibility index (Phi) is 6.71. The minimum absolute atomic E-state index is 0.299. The van der Waals surface area contributed by atoms with E-state index in [4.69, 9.17) is 24.1 Å². The van der Waals surface area contributed by atoms with Crippen molar-refractivity contribution in [2.24, 2.45) is 0 Å². The molecule has 0 aliphatic heterocycles. The van der Waals surface area contributed by atoms with E-state index < -0.39 is 5.97 Å². The van der Waals surface area contributed by atoms with Crippen molar-refractivity contribution in [3.8, 4) is 23.0 Å². The fourth-order valence-corrected chi connectivity index (χ4v) is 2.05. The molecule has 0 unspecified atom stereocenters. The molecule has 0 amide bonds. The number of carboxylic acids is 1. The molecule has 1 N–H and O–H groups in total. The molecule has 0 saturated carbocycles. The summed E-state index contributed by atoms with van der Waals surface area (Å²) in [6.45, 7) is 0.638. The van der Waals surface area contributed by atoms with Crippen LogP contribution in [0.4, 0.5) is 0 Å². The zero-order valence-corrected chi connectivity index (χ0v) is 14.1. The highest BCUT2D eigenvalue weighted by atomic mass is 16.5. The van der Waals surface area contributed by atoms with Crippen molar-refractivity contribution in [1.29, 1.82) is 0 Å². The number of methoxy groups -OCH3 is 2. The third kappa shape index (κ3) is 5.76. The molecule has 0 aliphatic rings. The van der Waals surface area contributed by atoms with Gasteiger partial charge in [-0.25, -0.2) is 4.79 Å². The SMILES string of the molecule is COc1ccc(OCCOc2cc(OC)ccc2/C=C/C(=O)O)cc1. The second-order valence-corrected chi connectivity index (χ2v) is 4.95. The van der Waals surface area contributed by atoms with Crippen LogP contribution in [-0.4, -0.2) is 38.5 Å². The van der Waals surface area contributed by atoms with Gasteiger partial charge in [-0.3, -0.25) is 0 Å². The van der Waals surface area contributed by atoms with E-state index in [9.17, 15) is 4.79 Å². The van der Waals surface area contributed by atoms with Gasteiger partial charge in [0.1, 0.15) is 36.2 Å². The van der Waals surface area contributed by atoms with Gasteiger partial charge in [-0.1, -0.05) is 0 Å². The Morgan fingerprint density at radius 3 is 2.16 bits per heavy atom. The topological polar surface area (TPSA) is 74.2 Å². The van der Waals surface area contributed by atoms with E-state index in [0.717, 1.165) is 11.8 Å². The maximum Gasteiger partial charge on any atom is 0.328 e. The zero-order valence-electron chi connectivity index (χ0n) is 14.1. The predicted molar refractivity (Wildman–Crippen MR) is 93.6 cm³/mol. The first-order valence-corrected chi connectivity index (χ1v) is 7.61. The van der Waals surface area contributed by atoms with E-state index in [0.29, 0.717) is 36.0 Å². The van der Waals surface area contributed by atoms with Crippen LogP contribution in [0.3, 0.4) is 0 Å². The maximum absolute atomic E-state index is 10.7. The molecule has 0 aliphatic carbocycles. The number of hydrogen-bond donors (Lipinski definition) is 1. The van der Waals surface area contributed by atoms with Crippen LogP contribution in [0.2, 0.25) is 0 Å². The number of hydrogen-bond acceptors (Lipinski definition) is 5. The molecule has 6 heteroatoms. The van der Waals surface area contributed by atoms with Crippen LogP contribution in [-0.2, 0) is 4.79 Å². The largest absolute Gasteiger partial charge is 0.497 e. The molecule has 0 spiro atoms. The summed E-state index contributed by atoms with van der Waals surface area (Å²) >= 11 is 0. The Morgan fingerprint density at radius 2 is 1.52 bits per heavy atom. The van der Waals surface area contributed by atoms with Gasteiger partial charge in [0.2, 0.25) is 0 Å². The fourth-order valence-electron chi connectivity index (χ4n) is 2.05. The molecule has 6 nitrogen and oxygen atoms in total. The number of rotatable bonds is 9. The normalized spacial score (nSPS) is 10.5. The second kappa shape index (κ2) is 9.22. The average molecular weight is 344 g/mol. The Balaban J connectivity index is 1.94. The number of benzene rings is 2. The summed E-state index contributed by atoms with van der Waals surface area (Å²) in [6.07, 6.45) is 2.53. The van der Waals surface area contributed by atoms with Crippen molar-refractivity contribution in [3.05, 3.63) is 54.1 Å². The summed E-state index contributed by atoms with van der Waals surface area (Å²) in [5.41, 5.74) is 0.646. The fraction of sp³-hybridized carbons (Fsp3) is 0.211. The predicted octanol–water partition coefficient (Wildman–Crippen LogP) is 3.26. The number of ether oxygens (including phenoxy) is 4. The molecule has 0 bridgehead atoms. The molecule has 25 heavy (non-hydrogen) atoms. The van der Waals surface area contributed by atoms with Gasteiger partial charge in [-0.2, -0.15) is 0 Å². The summed E-state index contributed by atoms with van der Waals surface area (Å²) in [5.74, 6) is 1.59. The summed E-state index contributed by atoms with van der Waals surface area (Å²) < 4.78 is 21.6. The van der Waals surface area contributed by atoms with E-state index in [-0.39, 0.29) is 0 Å². The van der Waals surface area contributed by atoms with Gasteiger partial charge in [-0.05, 0) is 42.5 Å². The molecule has 0 saturated heterocycles. The van der Waals surface area contributed by atoms with E-state index in [1.54, 1.807) is 32.4 Å². The van der Waals surface area contributed by atoms with Gasteiger partial charge in [0, 0.05) is 17.7 Å². The van der Waals surface area contributed by atoms with Crippen molar-refractivity contribution in [1.82, 2.24) is 0 Å². The van der Waals surface area contributed by atoms with Crippen LogP contribution in [0, 0.1) is 0 Å². The molecule has 2 aromatic rings. The lowest BCUT2D eigenvalue weighted by atomic mass is 10.1. The van der Waals surface area contributed by atoms with Gasteiger partial charge >= 0.3 is 5.97 Å². The van der Waals surface area contributed by atoms with Crippen molar-refractivity contribution in [3.63, 3.8) is 0 Å². The smallest absolute Gasteiger partial charge is 0.328 e. The molecular formula is C19H20O6. The minimum Gasteiger partial charge on any atom is -0.497 e. The standard InChI is InChI=1S/C19H20O6/c1-22-15-6-8-16(9-7-15)24-11-12-25-18-13-17(23-2)5-3-14(18)4-10-19(20)21/h3-10,13H,11-12H2,1-2H3,(H,20,21)/b10-4+. The van der Waals surface area contributed by atoms with Gasteiger partial charge in [0.05, 0.1) is 14.2 Å². The molecule has 2 aromatic carbocycles. The Hall–Kier alpha value is -3.15. The van der Waals surface area contributed by atoms with Gasteiger partial charge < -0.3 is 24.1 Å².